The van der Waals surface area contributed by atoms with Gasteiger partial charge in [0.2, 0.25) is 0 Å². The molecule has 3 heterocycles. The number of rotatable bonds is 4. The molecule has 6 heteroatoms. The molecule has 1 aromatic heterocycles. The summed E-state index contributed by atoms with van der Waals surface area (Å²) in [5.74, 6) is 0.973. The number of hydrogen-bond acceptors (Lipinski definition) is 4. The predicted octanol–water partition coefficient (Wildman–Crippen LogP) is 3.63. The molecule has 2 N–H and O–H groups in total. The molecule has 0 bridgehead atoms. The van der Waals surface area contributed by atoms with Crippen LogP contribution in [0.1, 0.15) is 24.8 Å². The lowest BCUT2D eigenvalue weighted by Gasteiger charge is -2.30. The van der Waals surface area contributed by atoms with Gasteiger partial charge in [0.1, 0.15) is 5.82 Å². The van der Waals surface area contributed by atoms with Crippen LogP contribution in [-0.2, 0) is 11.2 Å². The number of para-hydroxylation sites is 1. The zero-order valence-electron chi connectivity index (χ0n) is 14.8. The van der Waals surface area contributed by atoms with Crippen LogP contribution in [0.4, 0.5) is 17.2 Å². The quantitative estimate of drug-likeness (QED) is 0.804. The molecule has 26 heavy (non-hydrogen) atoms. The molecule has 1 aromatic carbocycles. The molecule has 2 aromatic rings. The summed E-state index contributed by atoms with van der Waals surface area (Å²) >= 11 is 5.36. The van der Waals surface area contributed by atoms with Crippen LogP contribution in [0.2, 0.25) is 0 Å². The number of benzene rings is 1. The minimum absolute atomic E-state index is 0.273. The highest BCUT2D eigenvalue weighted by molar-refractivity contribution is 7.80. The molecule has 2 aliphatic rings. The monoisotopic (exact) mass is 368 g/mol. The van der Waals surface area contributed by atoms with Gasteiger partial charge < -0.3 is 20.3 Å². The van der Waals surface area contributed by atoms with Gasteiger partial charge in [0.15, 0.2) is 5.11 Å². The van der Waals surface area contributed by atoms with Crippen LogP contribution in [0.15, 0.2) is 42.6 Å². The van der Waals surface area contributed by atoms with Crippen LogP contribution in [0.25, 0.3) is 0 Å². The van der Waals surface area contributed by atoms with E-state index in [1.165, 1.54) is 11.3 Å². The number of nitrogens with one attached hydrogen (secondary N) is 2. The zero-order chi connectivity index (χ0) is 17.8. The number of ether oxygens (including phenoxy) is 1. The average Bonchev–Trinajstić information content (AvgIpc) is 3.20. The Hall–Kier alpha value is -2.18. The fourth-order valence-electron chi connectivity index (χ4n) is 3.58. The van der Waals surface area contributed by atoms with E-state index in [0.717, 1.165) is 56.9 Å². The van der Waals surface area contributed by atoms with Crippen molar-refractivity contribution in [3.05, 3.63) is 48.2 Å². The summed E-state index contributed by atoms with van der Waals surface area (Å²) in [4.78, 5) is 6.93. The van der Waals surface area contributed by atoms with Gasteiger partial charge in [-0.25, -0.2) is 4.98 Å². The number of thiocarbonyl (C=S) groups is 1. The summed E-state index contributed by atoms with van der Waals surface area (Å²) in [7, 11) is 0. The molecule has 5 nitrogen and oxygen atoms in total. The molecule has 0 saturated carbocycles. The van der Waals surface area contributed by atoms with Crippen molar-refractivity contribution in [2.24, 2.45) is 0 Å². The van der Waals surface area contributed by atoms with Crippen molar-refractivity contribution >= 4 is 34.5 Å². The highest BCUT2D eigenvalue weighted by Gasteiger charge is 2.18. The van der Waals surface area contributed by atoms with Gasteiger partial charge in [0.05, 0.1) is 18.0 Å². The fraction of sp³-hybridized carbons (Fsp3) is 0.400. The summed E-state index contributed by atoms with van der Waals surface area (Å²) in [6.07, 6.45) is 6.63. The second kappa shape index (κ2) is 8.01. The molecule has 0 amide bonds. The largest absolute Gasteiger partial charge is 0.376 e. The summed E-state index contributed by atoms with van der Waals surface area (Å²) < 4.78 is 5.60. The summed E-state index contributed by atoms with van der Waals surface area (Å²) in [5.41, 5.74) is 3.55. The Morgan fingerprint density at radius 1 is 1.23 bits per heavy atom. The molecule has 136 valence electrons. The lowest BCUT2D eigenvalue weighted by Crippen LogP contribution is -2.34. The Morgan fingerprint density at radius 3 is 2.96 bits per heavy atom. The minimum atomic E-state index is 0.273. The highest BCUT2D eigenvalue weighted by atomic mass is 32.1. The van der Waals surface area contributed by atoms with E-state index in [9.17, 15) is 0 Å². The van der Waals surface area contributed by atoms with Gasteiger partial charge in [-0.3, -0.25) is 0 Å². The lowest BCUT2D eigenvalue weighted by molar-refractivity contribution is 0.114. The SMILES string of the molecule is S=C(NC[C@H]1CCCO1)Nc1ccc(N2CCCc3ccccc32)nc1. The summed E-state index contributed by atoms with van der Waals surface area (Å²) in [6, 6.07) is 12.6. The summed E-state index contributed by atoms with van der Waals surface area (Å²) in [6.45, 7) is 2.61. The Morgan fingerprint density at radius 2 is 2.15 bits per heavy atom. The average molecular weight is 369 g/mol. The third-order valence-corrected chi connectivity index (χ3v) is 5.15. The van der Waals surface area contributed by atoms with Gasteiger partial charge in [-0.2, -0.15) is 0 Å². The summed E-state index contributed by atoms with van der Waals surface area (Å²) in [5, 5.41) is 7.03. The normalized spacial score (nSPS) is 19.1. The molecule has 1 saturated heterocycles. The van der Waals surface area contributed by atoms with E-state index in [1.807, 2.05) is 18.3 Å². The third kappa shape index (κ3) is 3.97. The topological polar surface area (TPSA) is 49.4 Å². The third-order valence-electron chi connectivity index (χ3n) is 4.91. The van der Waals surface area contributed by atoms with E-state index in [4.69, 9.17) is 17.0 Å². The van der Waals surface area contributed by atoms with Crippen molar-refractivity contribution in [2.75, 3.05) is 29.9 Å². The molecule has 1 fully saturated rings. The molecular weight excluding hydrogens is 344 g/mol. The predicted molar refractivity (Wildman–Crippen MR) is 109 cm³/mol. The number of fused-ring (bicyclic) bond motifs is 1. The molecule has 4 rings (SSSR count). The maximum absolute atomic E-state index is 5.60. The van der Waals surface area contributed by atoms with E-state index >= 15 is 0 Å². The van der Waals surface area contributed by atoms with Crippen LogP contribution in [0.3, 0.4) is 0 Å². The maximum Gasteiger partial charge on any atom is 0.170 e. The Kier molecular flexibility index (Phi) is 5.32. The van der Waals surface area contributed by atoms with E-state index in [2.05, 4.69) is 44.8 Å². The number of hydrogen-bond donors (Lipinski definition) is 2. The highest BCUT2D eigenvalue weighted by Crippen LogP contribution is 2.32. The minimum Gasteiger partial charge on any atom is -0.376 e. The van der Waals surface area contributed by atoms with Crippen molar-refractivity contribution in [3.63, 3.8) is 0 Å². The van der Waals surface area contributed by atoms with Gasteiger partial charge in [-0.1, -0.05) is 18.2 Å². The second-order valence-electron chi connectivity index (χ2n) is 6.76. The van der Waals surface area contributed by atoms with E-state index in [0.29, 0.717) is 5.11 Å². The van der Waals surface area contributed by atoms with Gasteiger partial charge in [-0.05, 0) is 61.7 Å². The smallest absolute Gasteiger partial charge is 0.170 e. The molecule has 0 aliphatic carbocycles. The van der Waals surface area contributed by atoms with E-state index < -0.39 is 0 Å². The van der Waals surface area contributed by atoms with Crippen LogP contribution in [0, 0.1) is 0 Å². The molecule has 0 spiro atoms. The standard InChI is InChI=1S/C20H24N4OS/c26-20(22-14-17-7-4-12-25-17)23-16-9-10-19(21-13-16)24-11-3-6-15-5-1-2-8-18(15)24/h1-2,5,8-10,13,17H,3-4,6-7,11-12,14H2,(H2,22,23,26)/t17-/m1/s1. The van der Waals surface area contributed by atoms with Crippen molar-refractivity contribution in [1.29, 1.82) is 0 Å². The number of aryl methyl sites for hydroxylation is 1. The maximum atomic E-state index is 5.60. The Balaban J connectivity index is 1.37. The van der Waals surface area contributed by atoms with Crippen LogP contribution >= 0.6 is 12.2 Å². The van der Waals surface area contributed by atoms with Crippen molar-refractivity contribution in [1.82, 2.24) is 10.3 Å². The zero-order valence-corrected chi connectivity index (χ0v) is 15.6. The first-order valence-electron chi connectivity index (χ1n) is 9.27. The van der Waals surface area contributed by atoms with Gasteiger partial charge in [-0.15, -0.1) is 0 Å². The molecule has 2 aliphatic heterocycles. The Labute approximate surface area is 159 Å². The fourth-order valence-corrected chi connectivity index (χ4v) is 3.78. The van der Waals surface area contributed by atoms with Gasteiger partial charge in [0, 0.05) is 25.4 Å². The first kappa shape index (κ1) is 17.2. The van der Waals surface area contributed by atoms with E-state index in [-0.39, 0.29) is 6.10 Å². The van der Waals surface area contributed by atoms with Gasteiger partial charge in [0.25, 0.3) is 0 Å². The molecule has 0 radical (unpaired) electrons. The Bertz CT molecular complexity index is 759. The lowest BCUT2D eigenvalue weighted by atomic mass is 10.0. The first-order valence-corrected chi connectivity index (χ1v) is 9.68. The molecule has 1 atom stereocenters. The number of aromatic nitrogens is 1. The molecular formula is C20H24N4OS. The van der Waals surface area contributed by atoms with Crippen molar-refractivity contribution in [3.8, 4) is 0 Å². The van der Waals surface area contributed by atoms with Gasteiger partial charge >= 0.3 is 0 Å². The van der Waals surface area contributed by atoms with Crippen LogP contribution < -0.4 is 15.5 Å². The van der Waals surface area contributed by atoms with Crippen molar-refractivity contribution < 1.29 is 4.74 Å². The van der Waals surface area contributed by atoms with Crippen LogP contribution in [-0.4, -0.2) is 35.9 Å². The molecule has 0 unspecified atom stereocenters. The number of pyridine rings is 1. The second-order valence-corrected chi connectivity index (χ2v) is 7.17. The first-order chi connectivity index (χ1) is 12.8. The van der Waals surface area contributed by atoms with E-state index in [1.54, 1.807) is 0 Å². The van der Waals surface area contributed by atoms with Crippen molar-refractivity contribution in [2.45, 2.75) is 31.8 Å². The number of nitrogens with zero attached hydrogens (tertiary/aromatic N) is 2. The number of anilines is 3. The van der Waals surface area contributed by atoms with Crippen LogP contribution in [0.5, 0.6) is 0 Å².